The molecule has 2 aromatic rings. The van der Waals surface area contributed by atoms with Gasteiger partial charge in [0.05, 0.1) is 24.5 Å². The van der Waals surface area contributed by atoms with E-state index in [0.29, 0.717) is 12.1 Å². The fourth-order valence-electron chi connectivity index (χ4n) is 7.32. The van der Waals surface area contributed by atoms with Gasteiger partial charge in [-0.25, -0.2) is 4.85 Å². The van der Waals surface area contributed by atoms with E-state index in [-0.39, 0.29) is 5.41 Å². The molecule has 0 radical (unpaired) electrons. The van der Waals surface area contributed by atoms with Crippen LogP contribution in [0, 0.1) is 23.8 Å². The summed E-state index contributed by atoms with van der Waals surface area (Å²) in [6.07, 6.45) is 19.9. The molecule has 1 unspecified atom stereocenters. The lowest BCUT2D eigenvalue weighted by Crippen LogP contribution is -2.34. The number of hydrogen-bond donors (Lipinski definition) is 0. The van der Waals surface area contributed by atoms with Gasteiger partial charge in [0, 0.05) is 36.8 Å². The summed E-state index contributed by atoms with van der Waals surface area (Å²) in [5.74, 6) is 0.913. The van der Waals surface area contributed by atoms with Crippen molar-refractivity contribution >= 4 is 28.8 Å². The van der Waals surface area contributed by atoms with Crippen LogP contribution < -0.4 is 4.90 Å². The smallest absolute Gasteiger partial charge is 0.207 e. The molecule has 1 heterocycles. The summed E-state index contributed by atoms with van der Waals surface area (Å²) in [5, 5.41) is 10.2. The van der Waals surface area contributed by atoms with E-state index in [4.69, 9.17) is 6.57 Å². The molecule has 222 valence electrons. The normalized spacial score (nSPS) is 18.4. The van der Waals surface area contributed by atoms with Crippen molar-refractivity contribution in [2.45, 2.75) is 110 Å². The van der Waals surface area contributed by atoms with Crippen LogP contribution in [-0.4, -0.2) is 29.9 Å². The second-order valence-electron chi connectivity index (χ2n) is 12.3. The summed E-state index contributed by atoms with van der Waals surface area (Å²) in [5.41, 5.74) is 6.33. The maximum Gasteiger partial charge on any atom is 0.207 e. The molecule has 0 spiro atoms. The van der Waals surface area contributed by atoms with Crippen LogP contribution in [0.3, 0.4) is 0 Å². The Hall–Kier alpha value is -3.37. The van der Waals surface area contributed by atoms with Crippen LogP contribution >= 0.6 is 0 Å². The minimum atomic E-state index is -0.387. The van der Waals surface area contributed by atoms with E-state index in [1.165, 1.54) is 86.0 Å². The molecule has 0 saturated heterocycles. The van der Waals surface area contributed by atoms with E-state index in [1.54, 1.807) is 0 Å². The number of unbranched alkanes of at least 4 members (excludes halogenated alkanes) is 4. The minimum Gasteiger partial charge on any atom is -0.372 e. The lowest BCUT2D eigenvalue weighted by Gasteiger charge is -2.25. The van der Waals surface area contributed by atoms with Crippen LogP contribution in [0.1, 0.15) is 115 Å². The van der Waals surface area contributed by atoms with Gasteiger partial charge in [-0.2, -0.15) is 9.84 Å². The first-order chi connectivity index (χ1) is 20.6. The molecule has 4 heteroatoms. The Bertz CT molecular complexity index is 1300. The molecule has 4 rings (SSSR count). The maximum atomic E-state index is 10.2. The predicted octanol–water partition coefficient (Wildman–Crippen LogP) is 10.4. The third kappa shape index (κ3) is 7.33. The number of hydrogen-bond acceptors (Lipinski definition) is 2. The van der Waals surface area contributed by atoms with Gasteiger partial charge in [-0.15, -0.1) is 0 Å². The highest BCUT2D eigenvalue weighted by Gasteiger charge is 2.50. The molecule has 0 N–H and O–H groups in total. The molecule has 4 nitrogen and oxygen atoms in total. The van der Waals surface area contributed by atoms with Crippen LogP contribution in [0.4, 0.5) is 17.1 Å². The Labute approximate surface area is 255 Å². The fraction of sp³-hybridized carbons (Fsp3) is 0.553. The summed E-state index contributed by atoms with van der Waals surface area (Å²) in [7, 11) is 0. The highest BCUT2D eigenvalue weighted by atomic mass is 15.1. The number of nitrogens with zero attached hydrogens (tertiary/aromatic N) is 4. The second kappa shape index (κ2) is 15.7. The third-order valence-electron chi connectivity index (χ3n) is 9.71. The molecule has 2 aliphatic rings. The zero-order valence-electron chi connectivity index (χ0n) is 26.4. The van der Waals surface area contributed by atoms with Crippen molar-refractivity contribution in [1.29, 1.82) is 5.26 Å². The van der Waals surface area contributed by atoms with Gasteiger partial charge < -0.3 is 4.90 Å². The first-order valence-corrected chi connectivity index (χ1v) is 16.7. The fourth-order valence-corrected chi connectivity index (χ4v) is 7.32. The third-order valence-corrected chi connectivity index (χ3v) is 9.71. The average molecular weight is 564 g/mol. The second-order valence-corrected chi connectivity index (χ2v) is 12.3. The van der Waals surface area contributed by atoms with Crippen molar-refractivity contribution in [3.8, 4) is 6.07 Å². The van der Waals surface area contributed by atoms with Crippen LogP contribution in [0.25, 0.3) is 10.9 Å². The number of nitriles is 1. The molecule has 2 aromatic carbocycles. The Morgan fingerprint density at radius 3 is 2.40 bits per heavy atom. The molecule has 0 aromatic heterocycles. The largest absolute Gasteiger partial charge is 0.372 e. The molecule has 0 amide bonds. The van der Waals surface area contributed by atoms with Gasteiger partial charge in [0.25, 0.3) is 0 Å². The predicted molar refractivity (Wildman–Crippen MR) is 178 cm³/mol. The zero-order valence-corrected chi connectivity index (χ0v) is 26.4. The van der Waals surface area contributed by atoms with E-state index in [2.05, 4.69) is 89.7 Å². The van der Waals surface area contributed by atoms with Gasteiger partial charge in [-0.3, -0.25) is 0 Å². The lowest BCUT2D eigenvalue weighted by molar-refractivity contribution is -0.438. The summed E-state index contributed by atoms with van der Waals surface area (Å²) in [4.78, 5) is 6.17. The van der Waals surface area contributed by atoms with E-state index >= 15 is 0 Å². The van der Waals surface area contributed by atoms with Gasteiger partial charge in [0.15, 0.2) is 11.4 Å². The van der Waals surface area contributed by atoms with Crippen molar-refractivity contribution in [3.63, 3.8) is 0 Å². The van der Waals surface area contributed by atoms with Crippen LogP contribution in [-0.2, 0) is 5.41 Å². The first-order valence-electron chi connectivity index (χ1n) is 16.7. The molecule has 1 saturated carbocycles. The Morgan fingerprint density at radius 1 is 0.976 bits per heavy atom. The summed E-state index contributed by atoms with van der Waals surface area (Å²) >= 11 is 0. The van der Waals surface area contributed by atoms with Crippen molar-refractivity contribution in [2.24, 2.45) is 5.92 Å². The quantitative estimate of drug-likeness (QED) is 0.116. The molecule has 1 aliphatic carbocycles. The number of benzene rings is 2. The first kappa shape index (κ1) is 31.6. The molecule has 1 fully saturated rings. The number of anilines is 1. The lowest BCUT2D eigenvalue weighted by atomic mass is 9.71. The molecule has 0 bridgehead atoms. The molecular weight excluding hydrogens is 512 g/mol. The Balaban J connectivity index is 1.72. The van der Waals surface area contributed by atoms with Gasteiger partial charge in [-0.1, -0.05) is 76.8 Å². The van der Waals surface area contributed by atoms with Crippen molar-refractivity contribution in [1.82, 2.24) is 0 Å². The van der Waals surface area contributed by atoms with E-state index < -0.39 is 0 Å². The van der Waals surface area contributed by atoms with Gasteiger partial charge in [-0.05, 0) is 74.6 Å². The summed E-state index contributed by atoms with van der Waals surface area (Å²) in [6.45, 7) is 17.3. The Kier molecular flexibility index (Phi) is 11.8. The molecule has 1 aliphatic heterocycles. The van der Waals surface area contributed by atoms with Gasteiger partial charge in [0.2, 0.25) is 5.69 Å². The topological polar surface area (TPSA) is 34.4 Å². The van der Waals surface area contributed by atoms with E-state index in [1.807, 2.05) is 6.07 Å². The summed E-state index contributed by atoms with van der Waals surface area (Å²) < 4.78 is 2.51. The SMILES string of the molecule is [C-]#[N+]c1ccc2c(c1)C(CC#N)(CCCCCC)C(C=Cc1ccc(N(CC)CC)cc1)=[N+]2CCCCC1CCCC1. The number of rotatable bonds is 16. The van der Waals surface area contributed by atoms with E-state index in [0.717, 1.165) is 44.8 Å². The minimum absolute atomic E-state index is 0.387. The van der Waals surface area contributed by atoms with Crippen molar-refractivity contribution in [3.05, 3.63) is 71.1 Å². The number of fused-ring (bicyclic) bond motifs is 1. The standard InChI is InChI=1S/C38H51N4/c1-5-8-9-13-26-38(27-28-39)35-30-33(40-4)21-24-36(35)42(29-14-12-17-31-15-10-11-16-31)37(38)25-20-32-18-22-34(23-19-32)41(6-2)7-3/h18-25,30-31H,5-17,26-27,29H2,1-3H3/q+1. The average Bonchev–Trinajstić information content (AvgIpc) is 3.62. The zero-order chi connectivity index (χ0) is 29.8. The van der Waals surface area contributed by atoms with Gasteiger partial charge >= 0.3 is 0 Å². The van der Waals surface area contributed by atoms with Gasteiger partial charge in [0.1, 0.15) is 6.54 Å². The van der Waals surface area contributed by atoms with Crippen molar-refractivity contribution in [2.75, 3.05) is 24.5 Å². The van der Waals surface area contributed by atoms with Crippen LogP contribution in [0.2, 0.25) is 0 Å². The monoisotopic (exact) mass is 563 g/mol. The maximum absolute atomic E-state index is 10.2. The van der Waals surface area contributed by atoms with Crippen molar-refractivity contribution < 1.29 is 4.58 Å². The Morgan fingerprint density at radius 2 is 1.74 bits per heavy atom. The molecular formula is C38H51N4+. The van der Waals surface area contributed by atoms with Crippen LogP contribution in [0.5, 0.6) is 0 Å². The summed E-state index contributed by atoms with van der Waals surface area (Å²) in [6, 6.07) is 17.7. The molecule has 1 atom stereocenters. The molecule has 42 heavy (non-hydrogen) atoms. The highest BCUT2D eigenvalue weighted by molar-refractivity contribution is 6.06. The number of allylic oxidation sites excluding steroid dienone is 1. The van der Waals surface area contributed by atoms with E-state index in [9.17, 15) is 5.26 Å². The van der Waals surface area contributed by atoms with Crippen LogP contribution in [0.15, 0.2) is 48.5 Å². The highest BCUT2D eigenvalue weighted by Crippen LogP contribution is 2.47.